The highest BCUT2D eigenvalue weighted by Crippen LogP contribution is 2.18. The van der Waals surface area contributed by atoms with Gasteiger partial charge in [0.05, 0.1) is 19.8 Å². The highest BCUT2D eigenvalue weighted by atomic mass is 32.1. The Kier molecular flexibility index (Phi) is 7.08. The molecule has 1 unspecified atom stereocenters. The van der Waals surface area contributed by atoms with E-state index in [1.165, 1.54) is 5.56 Å². The van der Waals surface area contributed by atoms with Crippen molar-refractivity contribution < 1.29 is 9.84 Å². The Balaban J connectivity index is 2.00. The number of methoxy groups -OCH3 is 1. The van der Waals surface area contributed by atoms with Gasteiger partial charge in [-0.05, 0) is 47.0 Å². The summed E-state index contributed by atoms with van der Waals surface area (Å²) < 4.78 is 5.14. The molecule has 0 saturated carbocycles. The number of aliphatic imine (C=N–C) groups is 1. The van der Waals surface area contributed by atoms with Crippen LogP contribution in [0.2, 0.25) is 0 Å². The predicted molar refractivity (Wildman–Crippen MR) is 99.7 cm³/mol. The Morgan fingerprint density at radius 3 is 2.67 bits per heavy atom. The van der Waals surface area contributed by atoms with Crippen molar-refractivity contribution in [1.29, 1.82) is 0 Å². The number of hydrogen-bond donors (Lipinski definition) is 2. The summed E-state index contributed by atoms with van der Waals surface area (Å²) in [6.07, 6.45) is -0.640. The number of nitrogens with one attached hydrogen (secondary N) is 1. The Morgan fingerprint density at radius 1 is 1.33 bits per heavy atom. The summed E-state index contributed by atoms with van der Waals surface area (Å²) in [6, 6.07) is 9.52. The molecule has 1 atom stereocenters. The average molecular weight is 347 g/mol. The lowest BCUT2D eigenvalue weighted by Crippen LogP contribution is -2.38. The van der Waals surface area contributed by atoms with E-state index in [2.05, 4.69) is 32.0 Å². The van der Waals surface area contributed by atoms with Gasteiger partial charge in [-0.15, -0.1) is 0 Å². The maximum Gasteiger partial charge on any atom is 0.194 e. The van der Waals surface area contributed by atoms with Crippen molar-refractivity contribution in [3.8, 4) is 5.75 Å². The van der Waals surface area contributed by atoms with Crippen LogP contribution in [0.3, 0.4) is 0 Å². The molecule has 0 radical (unpaired) electrons. The third kappa shape index (κ3) is 5.25. The Labute approximate surface area is 147 Å². The first-order chi connectivity index (χ1) is 11.6. The smallest absolute Gasteiger partial charge is 0.194 e. The fourth-order valence-electron chi connectivity index (χ4n) is 2.31. The number of ether oxygens (including phenoxy) is 1. The highest BCUT2D eigenvalue weighted by molar-refractivity contribution is 7.07. The van der Waals surface area contributed by atoms with Gasteiger partial charge in [0.15, 0.2) is 5.96 Å². The minimum absolute atomic E-state index is 0.308. The zero-order valence-corrected chi connectivity index (χ0v) is 15.2. The first-order valence-corrected chi connectivity index (χ1v) is 8.90. The minimum Gasteiger partial charge on any atom is -0.497 e. The SMILES string of the molecule is CCNC(=NCC(O)c1ccc(OC)cc1)N(C)Cc1ccsc1. The molecule has 6 heteroatoms. The number of nitrogens with zero attached hydrogens (tertiary/aromatic N) is 2. The average Bonchev–Trinajstić information content (AvgIpc) is 3.11. The Bertz CT molecular complexity index is 626. The van der Waals surface area contributed by atoms with Crippen LogP contribution < -0.4 is 10.1 Å². The van der Waals surface area contributed by atoms with Gasteiger partial charge in [-0.2, -0.15) is 11.3 Å². The molecule has 1 aromatic carbocycles. The van der Waals surface area contributed by atoms with E-state index < -0.39 is 6.10 Å². The standard InChI is InChI=1S/C18H25N3O2S/c1-4-19-18(21(2)12-14-9-10-24-13-14)20-11-17(22)15-5-7-16(23-3)8-6-15/h5-10,13,17,22H,4,11-12H2,1-3H3,(H,19,20). The largest absolute Gasteiger partial charge is 0.497 e. The van der Waals surface area contributed by atoms with Gasteiger partial charge in [-0.3, -0.25) is 4.99 Å². The maximum atomic E-state index is 10.3. The van der Waals surface area contributed by atoms with Crippen molar-refractivity contribution in [1.82, 2.24) is 10.2 Å². The fraction of sp³-hybridized carbons (Fsp3) is 0.389. The Hall–Kier alpha value is -2.05. The van der Waals surface area contributed by atoms with E-state index in [0.717, 1.165) is 30.4 Å². The number of aliphatic hydroxyl groups excluding tert-OH is 1. The zero-order chi connectivity index (χ0) is 17.4. The lowest BCUT2D eigenvalue weighted by Gasteiger charge is -2.22. The summed E-state index contributed by atoms with van der Waals surface area (Å²) >= 11 is 1.69. The van der Waals surface area contributed by atoms with Crippen LogP contribution >= 0.6 is 11.3 Å². The van der Waals surface area contributed by atoms with E-state index in [9.17, 15) is 5.11 Å². The van der Waals surface area contributed by atoms with E-state index in [4.69, 9.17) is 4.74 Å². The molecule has 0 bridgehead atoms. The molecule has 0 amide bonds. The van der Waals surface area contributed by atoms with E-state index in [1.807, 2.05) is 38.2 Å². The summed E-state index contributed by atoms with van der Waals surface area (Å²) in [7, 11) is 3.63. The van der Waals surface area contributed by atoms with Crippen molar-refractivity contribution in [2.75, 3.05) is 27.2 Å². The molecule has 2 aromatic rings. The van der Waals surface area contributed by atoms with E-state index in [0.29, 0.717) is 6.54 Å². The van der Waals surface area contributed by atoms with Crippen LogP contribution in [0.1, 0.15) is 24.2 Å². The topological polar surface area (TPSA) is 57.1 Å². The van der Waals surface area contributed by atoms with Gasteiger partial charge < -0.3 is 20.1 Å². The fourth-order valence-corrected chi connectivity index (χ4v) is 2.97. The van der Waals surface area contributed by atoms with E-state index in [1.54, 1.807) is 18.4 Å². The molecule has 5 nitrogen and oxygen atoms in total. The van der Waals surface area contributed by atoms with Crippen molar-refractivity contribution in [2.24, 2.45) is 4.99 Å². The molecule has 0 saturated heterocycles. The molecular formula is C18H25N3O2S. The molecule has 0 fully saturated rings. The van der Waals surface area contributed by atoms with Gasteiger partial charge in [0, 0.05) is 20.1 Å². The lowest BCUT2D eigenvalue weighted by atomic mass is 10.1. The van der Waals surface area contributed by atoms with Gasteiger partial charge in [0.1, 0.15) is 5.75 Å². The van der Waals surface area contributed by atoms with Crippen LogP contribution in [0.4, 0.5) is 0 Å². The van der Waals surface area contributed by atoms with Gasteiger partial charge in [0.25, 0.3) is 0 Å². The van der Waals surface area contributed by atoms with Crippen LogP contribution in [0.15, 0.2) is 46.1 Å². The number of aliphatic hydroxyl groups is 1. The summed E-state index contributed by atoms with van der Waals surface area (Å²) in [5.74, 6) is 1.56. The predicted octanol–water partition coefficient (Wildman–Crippen LogP) is 2.89. The summed E-state index contributed by atoms with van der Waals surface area (Å²) in [5.41, 5.74) is 2.08. The van der Waals surface area contributed by atoms with Crippen molar-refractivity contribution >= 4 is 17.3 Å². The second-order valence-corrected chi connectivity index (χ2v) is 6.25. The number of hydrogen-bond acceptors (Lipinski definition) is 4. The monoisotopic (exact) mass is 347 g/mol. The highest BCUT2D eigenvalue weighted by Gasteiger charge is 2.10. The molecule has 0 aliphatic carbocycles. The van der Waals surface area contributed by atoms with Crippen LogP contribution in [0.5, 0.6) is 5.75 Å². The number of guanidine groups is 1. The Morgan fingerprint density at radius 2 is 2.08 bits per heavy atom. The van der Waals surface area contributed by atoms with Gasteiger partial charge in [-0.25, -0.2) is 0 Å². The van der Waals surface area contributed by atoms with Gasteiger partial charge in [-0.1, -0.05) is 12.1 Å². The third-order valence-electron chi connectivity index (χ3n) is 3.61. The van der Waals surface area contributed by atoms with E-state index in [-0.39, 0.29) is 0 Å². The molecule has 130 valence electrons. The quantitative estimate of drug-likeness (QED) is 0.597. The van der Waals surface area contributed by atoms with Crippen LogP contribution in [0, 0.1) is 0 Å². The molecule has 2 rings (SSSR count). The minimum atomic E-state index is -0.640. The number of thiophene rings is 1. The molecule has 2 N–H and O–H groups in total. The van der Waals surface area contributed by atoms with Crippen molar-refractivity contribution in [3.05, 3.63) is 52.2 Å². The first-order valence-electron chi connectivity index (χ1n) is 7.96. The third-order valence-corrected chi connectivity index (χ3v) is 4.34. The first kappa shape index (κ1) is 18.3. The van der Waals surface area contributed by atoms with Gasteiger partial charge >= 0.3 is 0 Å². The zero-order valence-electron chi connectivity index (χ0n) is 14.4. The van der Waals surface area contributed by atoms with Gasteiger partial charge in [0.2, 0.25) is 0 Å². The normalized spacial score (nSPS) is 12.8. The van der Waals surface area contributed by atoms with Crippen molar-refractivity contribution in [3.63, 3.8) is 0 Å². The van der Waals surface area contributed by atoms with Crippen LogP contribution in [-0.2, 0) is 6.54 Å². The maximum absolute atomic E-state index is 10.3. The lowest BCUT2D eigenvalue weighted by molar-refractivity contribution is 0.186. The van der Waals surface area contributed by atoms with Crippen LogP contribution in [-0.4, -0.2) is 43.2 Å². The number of benzene rings is 1. The molecule has 0 spiro atoms. The summed E-state index contributed by atoms with van der Waals surface area (Å²) in [6.45, 7) is 3.91. The second-order valence-electron chi connectivity index (χ2n) is 5.47. The number of rotatable bonds is 7. The summed E-state index contributed by atoms with van der Waals surface area (Å²) in [5, 5.41) is 17.8. The second kappa shape index (κ2) is 9.30. The van der Waals surface area contributed by atoms with E-state index >= 15 is 0 Å². The summed E-state index contributed by atoms with van der Waals surface area (Å²) in [4.78, 5) is 6.63. The molecule has 0 aliphatic heterocycles. The van der Waals surface area contributed by atoms with Crippen molar-refractivity contribution in [2.45, 2.75) is 19.6 Å². The molecule has 1 heterocycles. The molecular weight excluding hydrogens is 322 g/mol. The molecule has 0 aliphatic rings. The molecule has 1 aromatic heterocycles. The molecule has 24 heavy (non-hydrogen) atoms. The van der Waals surface area contributed by atoms with Crippen LogP contribution in [0.25, 0.3) is 0 Å².